The normalized spacial score (nSPS) is 13.1. The maximum Gasteiger partial charge on any atom is 0.242 e. The Bertz CT molecular complexity index is 1150. The molecule has 2 aromatic rings. The molecular weight excluding hydrogens is 521 g/mol. The van der Waals surface area contributed by atoms with Crippen molar-refractivity contribution in [3.63, 3.8) is 0 Å². The van der Waals surface area contributed by atoms with Crippen LogP contribution in [0.5, 0.6) is 0 Å². The topological polar surface area (TPSA) is 86.8 Å². The van der Waals surface area contributed by atoms with E-state index in [4.69, 9.17) is 23.2 Å². The van der Waals surface area contributed by atoms with Gasteiger partial charge < -0.3 is 10.2 Å². The number of halogens is 2. The number of hydrogen-bond acceptors (Lipinski definition) is 4. The standard InChI is InChI=1S/C26H35Cl2N3O4S/c1-6-19(3)29-26(33)20(4)30(17-21-22(27)12-9-13-23(21)28)25(32)15-10-16-31(36(5,34)35)24-14-8-7-11-18(24)2/h7-9,11-14,19-20H,6,10,15-17H2,1-5H3,(H,29,33). The molecule has 0 bridgehead atoms. The van der Waals surface area contributed by atoms with Crippen LogP contribution >= 0.6 is 23.2 Å². The number of nitrogens with zero attached hydrogens (tertiary/aromatic N) is 2. The largest absolute Gasteiger partial charge is 0.352 e. The fraction of sp³-hybridized carbons (Fsp3) is 0.462. The molecule has 1 N–H and O–H groups in total. The molecule has 2 amide bonds. The number of carbonyl (C=O) groups is 2. The van der Waals surface area contributed by atoms with E-state index in [0.29, 0.717) is 21.3 Å². The van der Waals surface area contributed by atoms with Crippen LogP contribution in [0.3, 0.4) is 0 Å². The van der Waals surface area contributed by atoms with Crippen molar-refractivity contribution in [2.45, 2.75) is 65.6 Å². The van der Waals surface area contributed by atoms with Gasteiger partial charge in [-0.25, -0.2) is 8.42 Å². The summed E-state index contributed by atoms with van der Waals surface area (Å²) in [5, 5.41) is 3.72. The van der Waals surface area contributed by atoms with E-state index >= 15 is 0 Å². The third-order valence-corrected chi connectivity index (χ3v) is 7.98. The van der Waals surface area contributed by atoms with Gasteiger partial charge in [-0.05, 0) is 57.4 Å². The first-order chi connectivity index (χ1) is 16.9. The highest BCUT2D eigenvalue weighted by molar-refractivity contribution is 7.92. The van der Waals surface area contributed by atoms with Crippen molar-refractivity contribution in [2.75, 3.05) is 17.1 Å². The molecule has 2 aromatic carbocycles. The summed E-state index contributed by atoms with van der Waals surface area (Å²) in [5.74, 6) is -0.574. The maximum absolute atomic E-state index is 13.4. The van der Waals surface area contributed by atoms with Crippen molar-refractivity contribution in [3.05, 3.63) is 63.6 Å². The number of rotatable bonds is 12. The lowest BCUT2D eigenvalue weighted by Gasteiger charge is -2.31. The summed E-state index contributed by atoms with van der Waals surface area (Å²) < 4.78 is 26.3. The lowest BCUT2D eigenvalue weighted by atomic mass is 10.1. The van der Waals surface area contributed by atoms with Gasteiger partial charge in [-0.2, -0.15) is 0 Å². The molecule has 0 saturated carbocycles. The Morgan fingerprint density at radius 1 is 1.03 bits per heavy atom. The summed E-state index contributed by atoms with van der Waals surface area (Å²) in [4.78, 5) is 27.7. The maximum atomic E-state index is 13.4. The Kier molecular flexibility index (Phi) is 11.1. The first kappa shape index (κ1) is 29.9. The van der Waals surface area contributed by atoms with Crippen LogP contribution in [0.25, 0.3) is 0 Å². The van der Waals surface area contributed by atoms with Crippen molar-refractivity contribution in [1.29, 1.82) is 0 Å². The second-order valence-corrected chi connectivity index (χ2v) is 11.7. The Balaban J connectivity index is 2.24. The molecule has 198 valence electrons. The van der Waals surface area contributed by atoms with Crippen LogP contribution in [0.1, 0.15) is 51.2 Å². The molecule has 0 aliphatic carbocycles. The average molecular weight is 557 g/mol. The van der Waals surface area contributed by atoms with Crippen LogP contribution in [0.15, 0.2) is 42.5 Å². The summed E-state index contributed by atoms with van der Waals surface area (Å²) in [6.07, 6.45) is 2.21. The number of benzene rings is 2. The second-order valence-electron chi connectivity index (χ2n) is 8.94. The highest BCUT2D eigenvalue weighted by atomic mass is 35.5. The molecule has 0 radical (unpaired) electrons. The molecule has 2 atom stereocenters. The number of para-hydroxylation sites is 1. The molecule has 0 aliphatic rings. The van der Waals surface area contributed by atoms with Crippen LogP contribution in [-0.2, 0) is 26.2 Å². The van der Waals surface area contributed by atoms with Gasteiger partial charge >= 0.3 is 0 Å². The van der Waals surface area contributed by atoms with E-state index in [1.807, 2.05) is 32.9 Å². The molecule has 0 saturated heterocycles. The number of nitrogens with one attached hydrogen (secondary N) is 1. The lowest BCUT2D eigenvalue weighted by molar-refractivity contribution is -0.140. The highest BCUT2D eigenvalue weighted by Crippen LogP contribution is 2.27. The van der Waals surface area contributed by atoms with Gasteiger partial charge in [0.25, 0.3) is 0 Å². The predicted molar refractivity (Wildman–Crippen MR) is 147 cm³/mol. The minimum atomic E-state index is -3.56. The zero-order valence-electron chi connectivity index (χ0n) is 21.4. The second kappa shape index (κ2) is 13.3. The summed E-state index contributed by atoms with van der Waals surface area (Å²) in [5.41, 5.74) is 1.95. The van der Waals surface area contributed by atoms with Gasteiger partial charge in [0.1, 0.15) is 6.04 Å². The monoisotopic (exact) mass is 555 g/mol. The zero-order valence-corrected chi connectivity index (χ0v) is 23.8. The Morgan fingerprint density at radius 2 is 1.64 bits per heavy atom. The first-order valence-corrected chi connectivity index (χ1v) is 14.5. The average Bonchev–Trinajstić information content (AvgIpc) is 2.81. The SMILES string of the molecule is CCC(C)NC(=O)C(C)N(Cc1c(Cl)cccc1Cl)C(=O)CCCN(c1ccccc1C)S(C)(=O)=O. The van der Waals surface area contributed by atoms with Gasteiger partial charge in [0.05, 0.1) is 11.9 Å². The van der Waals surface area contributed by atoms with Gasteiger partial charge in [-0.3, -0.25) is 13.9 Å². The van der Waals surface area contributed by atoms with Crippen molar-refractivity contribution >= 4 is 50.7 Å². The van der Waals surface area contributed by atoms with Crippen LogP contribution < -0.4 is 9.62 Å². The third kappa shape index (κ3) is 8.11. The molecular formula is C26H35Cl2N3O4S. The Hall–Kier alpha value is -2.29. The summed E-state index contributed by atoms with van der Waals surface area (Å²) >= 11 is 12.7. The number of aryl methyl sites for hydroxylation is 1. The fourth-order valence-electron chi connectivity index (χ4n) is 3.73. The quantitative estimate of drug-likeness (QED) is 0.391. The van der Waals surface area contributed by atoms with E-state index in [-0.39, 0.29) is 43.8 Å². The predicted octanol–water partition coefficient (Wildman–Crippen LogP) is 5.18. The van der Waals surface area contributed by atoms with Crippen LogP contribution in [0.4, 0.5) is 5.69 Å². The van der Waals surface area contributed by atoms with E-state index in [2.05, 4.69) is 5.32 Å². The minimum Gasteiger partial charge on any atom is -0.352 e. The number of anilines is 1. The summed E-state index contributed by atoms with van der Waals surface area (Å²) in [6.45, 7) is 7.54. The van der Waals surface area contributed by atoms with Gasteiger partial charge in [-0.1, -0.05) is 54.4 Å². The molecule has 0 heterocycles. The van der Waals surface area contributed by atoms with Crippen molar-refractivity contribution < 1.29 is 18.0 Å². The minimum absolute atomic E-state index is 0.0426. The highest BCUT2D eigenvalue weighted by Gasteiger charge is 2.28. The van der Waals surface area contributed by atoms with E-state index in [0.717, 1.165) is 18.2 Å². The van der Waals surface area contributed by atoms with Gasteiger partial charge in [0, 0.05) is 41.2 Å². The number of amides is 2. The summed E-state index contributed by atoms with van der Waals surface area (Å²) in [6, 6.07) is 11.5. The molecule has 0 aliphatic heterocycles. The zero-order chi connectivity index (χ0) is 27.0. The van der Waals surface area contributed by atoms with Gasteiger partial charge in [0.15, 0.2) is 0 Å². The lowest BCUT2D eigenvalue weighted by Crippen LogP contribution is -2.49. The number of carbonyl (C=O) groups excluding carboxylic acids is 2. The van der Waals surface area contributed by atoms with Crippen LogP contribution in [-0.4, -0.2) is 50.0 Å². The van der Waals surface area contributed by atoms with E-state index in [9.17, 15) is 18.0 Å². The van der Waals surface area contributed by atoms with Gasteiger partial charge in [0.2, 0.25) is 21.8 Å². The van der Waals surface area contributed by atoms with Crippen LogP contribution in [0.2, 0.25) is 10.0 Å². The molecule has 2 rings (SSSR count). The van der Waals surface area contributed by atoms with E-state index in [1.54, 1.807) is 37.3 Å². The van der Waals surface area contributed by atoms with Gasteiger partial charge in [-0.15, -0.1) is 0 Å². The molecule has 0 spiro atoms. The van der Waals surface area contributed by atoms with Crippen molar-refractivity contribution in [1.82, 2.24) is 10.2 Å². The smallest absolute Gasteiger partial charge is 0.242 e. The molecule has 0 aromatic heterocycles. The summed E-state index contributed by atoms with van der Waals surface area (Å²) in [7, 11) is -3.56. The molecule has 36 heavy (non-hydrogen) atoms. The van der Waals surface area contributed by atoms with E-state index in [1.165, 1.54) is 9.21 Å². The number of sulfonamides is 1. The Labute approximate surface area is 224 Å². The van der Waals surface area contributed by atoms with Crippen molar-refractivity contribution in [2.24, 2.45) is 0 Å². The van der Waals surface area contributed by atoms with E-state index < -0.39 is 16.1 Å². The molecule has 0 fully saturated rings. The van der Waals surface area contributed by atoms with Crippen molar-refractivity contribution in [3.8, 4) is 0 Å². The first-order valence-electron chi connectivity index (χ1n) is 11.9. The fourth-order valence-corrected chi connectivity index (χ4v) is 5.27. The molecule has 10 heteroatoms. The third-order valence-electron chi connectivity index (χ3n) is 6.09. The Morgan fingerprint density at radius 3 is 2.19 bits per heavy atom. The number of hydrogen-bond donors (Lipinski definition) is 1. The molecule has 2 unspecified atom stereocenters. The van der Waals surface area contributed by atoms with Crippen LogP contribution in [0, 0.1) is 6.92 Å². The molecule has 7 nitrogen and oxygen atoms in total.